The second-order valence-corrected chi connectivity index (χ2v) is 6.85. The summed E-state index contributed by atoms with van der Waals surface area (Å²) >= 11 is 5.94. The molecule has 0 saturated heterocycles. The van der Waals surface area contributed by atoms with Crippen LogP contribution in [0.4, 0.5) is 5.69 Å². The largest absolute Gasteiger partial charge is 0.398 e. The van der Waals surface area contributed by atoms with E-state index < -0.39 is 10.0 Å². The van der Waals surface area contributed by atoms with Gasteiger partial charge in [-0.15, -0.1) is 0 Å². The van der Waals surface area contributed by atoms with E-state index in [4.69, 9.17) is 17.3 Å². The highest BCUT2D eigenvalue weighted by Crippen LogP contribution is 2.29. The van der Waals surface area contributed by atoms with Gasteiger partial charge in [0.2, 0.25) is 10.0 Å². The van der Waals surface area contributed by atoms with Crippen molar-refractivity contribution in [3.63, 3.8) is 0 Å². The van der Waals surface area contributed by atoms with Crippen molar-refractivity contribution >= 4 is 27.3 Å². The first-order chi connectivity index (χ1) is 8.30. The quantitative estimate of drug-likeness (QED) is 0.848. The van der Waals surface area contributed by atoms with Crippen LogP contribution < -0.4 is 5.73 Å². The molecule has 0 aliphatic heterocycles. The molecule has 1 aromatic carbocycles. The lowest BCUT2D eigenvalue weighted by Gasteiger charge is -2.21. The molecular weight excluding hydrogens is 272 g/mol. The fourth-order valence-electron chi connectivity index (χ4n) is 1.62. The summed E-state index contributed by atoms with van der Waals surface area (Å²) in [5.41, 5.74) is 5.90. The first-order valence-electron chi connectivity index (χ1n) is 5.81. The summed E-state index contributed by atoms with van der Waals surface area (Å²) in [7, 11) is -2.08. The minimum Gasteiger partial charge on any atom is -0.398 e. The van der Waals surface area contributed by atoms with E-state index in [1.807, 2.05) is 13.8 Å². The average molecular weight is 291 g/mol. The molecule has 0 heterocycles. The van der Waals surface area contributed by atoms with E-state index in [-0.39, 0.29) is 21.5 Å². The van der Waals surface area contributed by atoms with Crippen LogP contribution in [0.5, 0.6) is 0 Å². The van der Waals surface area contributed by atoms with Crippen molar-refractivity contribution in [2.24, 2.45) is 5.92 Å². The standard InChI is InChI=1S/C12H19ClN2O2S/c1-4-9(2)8-15(3)18(16,17)12-10(13)6-5-7-11(12)14/h5-7,9H,4,8,14H2,1-3H3. The summed E-state index contributed by atoms with van der Waals surface area (Å²) in [6.07, 6.45) is 0.915. The zero-order valence-electron chi connectivity index (χ0n) is 10.9. The predicted octanol–water partition coefficient (Wildman–Crippen LogP) is 2.59. The van der Waals surface area contributed by atoms with E-state index in [1.54, 1.807) is 13.1 Å². The third-order valence-electron chi connectivity index (χ3n) is 2.93. The number of benzene rings is 1. The molecule has 0 radical (unpaired) electrons. The highest BCUT2D eigenvalue weighted by molar-refractivity contribution is 7.89. The number of sulfonamides is 1. The molecule has 1 unspecified atom stereocenters. The lowest BCUT2D eigenvalue weighted by molar-refractivity contribution is 0.394. The Morgan fingerprint density at radius 2 is 2.06 bits per heavy atom. The third kappa shape index (κ3) is 3.16. The number of halogens is 1. The molecule has 1 atom stereocenters. The van der Waals surface area contributed by atoms with Gasteiger partial charge >= 0.3 is 0 Å². The number of nitrogens with two attached hydrogens (primary N) is 1. The maximum absolute atomic E-state index is 12.4. The van der Waals surface area contributed by atoms with Gasteiger partial charge in [0, 0.05) is 13.6 Å². The molecule has 1 rings (SSSR count). The summed E-state index contributed by atoms with van der Waals surface area (Å²) in [5.74, 6) is 0.286. The van der Waals surface area contributed by atoms with Gasteiger partial charge in [-0.25, -0.2) is 12.7 Å². The van der Waals surface area contributed by atoms with Crippen LogP contribution in [0.2, 0.25) is 5.02 Å². The Morgan fingerprint density at radius 1 is 1.44 bits per heavy atom. The summed E-state index contributed by atoms with van der Waals surface area (Å²) < 4.78 is 26.1. The number of anilines is 1. The van der Waals surface area contributed by atoms with Gasteiger partial charge in [0.05, 0.1) is 10.7 Å². The van der Waals surface area contributed by atoms with Crippen LogP contribution >= 0.6 is 11.6 Å². The van der Waals surface area contributed by atoms with Crippen LogP contribution in [0, 0.1) is 5.92 Å². The van der Waals surface area contributed by atoms with Crippen molar-refractivity contribution in [2.75, 3.05) is 19.3 Å². The van der Waals surface area contributed by atoms with Crippen molar-refractivity contribution < 1.29 is 8.42 Å². The van der Waals surface area contributed by atoms with Gasteiger partial charge in [-0.2, -0.15) is 0 Å². The minimum absolute atomic E-state index is 0.00234. The van der Waals surface area contributed by atoms with Crippen molar-refractivity contribution in [2.45, 2.75) is 25.2 Å². The smallest absolute Gasteiger partial charge is 0.246 e. The molecule has 0 aromatic heterocycles. The number of hydrogen-bond donors (Lipinski definition) is 1. The molecule has 0 bridgehead atoms. The molecule has 18 heavy (non-hydrogen) atoms. The Bertz CT molecular complexity index is 497. The molecule has 1 aromatic rings. The van der Waals surface area contributed by atoms with E-state index in [2.05, 4.69) is 0 Å². The van der Waals surface area contributed by atoms with Gasteiger partial charge in [0.25, 0.3) is 0 Å². The van der Waals surface area contributed by atoms with Gasteiger partial charge in [0.15, 0.2) is 0 Å². The van der Waals surface area contributed by atoms with Crippen LogP contribution in [-0.2, 0) is 10.0 Å². The van der Waals surface area contributed by atoms with Gasteiger partial charge in [-0.3, -0.25) is 0 Å². The first-order valence-corrected chi connectivity index (χ1v) is 7.62. The topological polar surface area (TPSA) is 63.4 Å². The number of nitrogen functional groups attached to an aromatic ring is 1. The van der Waals surface area contributed by atoms with E-state index in [9.17, 15) is 8.42 Å². The SMILES string of the molecule is CCC(C)CN(C)S(=O)(=O)c1c(N)cccc1Cl. The molecular formula is C12H19ClN2O2S. The lowest BCUT2D eigenvalue weighted by Crippen LogP contribution is -2.31. The van der Waals surface area contributed by atoms with Crippen LogP contribution in [0.25, 0.3) is 0 Å². The minimum atomic E-state index is -3.63. The molecule has 2 N–H and O–H groups in total. The fourth-order valence-corrected chi connectivity index (χ4v) is 3.54. The highest BCUT2D eigenvalue weighted by atomic mass is 35.5. The Kier molecular flexibility index (Phi) is 5.01. The second-order valence-electron chi connectivity index (χ2n) is 4.46. The van der Waals surface area contributed by atoms with Crippen molar-refractivity contribution in [3.05, 3.63) is 23.2 Å². The molecule has 0 saturated carbocycles. The molecule has 102 valence electrons. The Morgan fingerprint density at radius 3 is 2.56 bits per heavy atom. The average Bonchev–Trinajstić information content (AvgIpc) is 2.28. The zero-order chi connectivity index (χ0) is 13.9. The van der Waals surface area contributed by atoms with Gasteiger partial charge in [0.1, 0.15) is 4.90 Å². The van der Waals surface area contributed by atoms with Crippen molar-refractivity contribution in [1.29, 1.82) is 0 Å². The predicted molar refractivity (Wildman–Crippen MR) is 75.1 cm³/mol. The number of nitrogens with zero attached hydrogens (tertiary/aromatic N) is 1. The molecule has 6 heteroatoms. The van der Waals surface area contributed by atoms with Crippen molar-refractivity contribution in [3.8, 4) is 0 Å². The summed E-state index contributed by atoms with van der Waals surface area (Å²) in [6.45, 7) is 4.47. The third-order valence-corrected chi connectivity index (χ3v) is 5.30. The molecule has 0 spiro atoms. The monoisotopic (exact) mass is 290 g/mol. The van der Waals surface area contributed by atoms with E-state index in [0.717, 1.165) is 6.42 Å². The second kappa shape index (κ2) is 5.91. The summed E-state index contributed by atoms with van der Waals surface area (Å²) in [4.78, 5) is -0.00234. The number of rotatable bonds is 5. The van der Waals surface area contributed by atoms with Gasteiger partial charge < -0.3 is 5.73 Å². The Balaban J connectivity index is 3.14. The number of hydrogen-bond acceptors (Lipinski definition) is 3. The van der Waals surface area contributed by atoms with E-state index in [0.29, 0.717) is 6.54 Å². The van der Waals surface area contributed by atoms with Crippen LogP contribution in [0.1, 0.15) is 20.3 Å². The molecule has 0 aliphatic rings. The maximum atomic E-state index is 12.4. The lowest BCUT2D eigenvalue weighted by atomic mass is 10.1. The molecule has 0 amide bonds. The van der Waals surface area contributed by atoms with Crippen LogP contribution in [-0.4, -0.2) is 26.3 Å². The zero-order valence-corrected chi connectivity index (χ0v) is 12.4. The fraction of sp³-hybridized carbons (Fsp3) is 0.500. The van der Waals surface area contributed by atoms with E-state index in [1.165, 1.54) is 16.4 Å². The van der Waals surface area contributed by atoms with E-state index >= 15 is 0 Å². The van der Waals surface area contributed by atoms with Gasteiger partial charge in [-0.1, -0.05) is 37.9 Å². The summed E-state index contributed by atoms with van der Waals surface area (Å²) in [5, 5.41) is 0.158. The van der Waals surface area contributed by atoms with Crippen LogP contribution in [0.15, 0.2) is 23.1 Å². The maximum Gasteiger partial charge on any atom is 0.246 e. The molecule has 0 aliphatic carbocycles. The van der Waals surface area contributed by atoms with Crippen molar-refractivity contribution in [1.82, 2.24) is 4.31 Å². The molecule has 4 nitrogen and oxygen atoms in total. The Labute approximate surface area is 114 Å². The molecule has 0 fully saturated rings. The highest BCUT2D eigenvalue weighted by Gasteiger charge is 2.26. The normalized spacial score (nSPS) is 13.8. The van der Waals surface area contributed by atoms with Crippen LogP contribution in [0.3, 0.4) is 0 Å². The summed E-state index contributed by atoms with van der Waals surface area (Å²) in [6, 6.07) is 4.70. The van der Waals surface area contributed by atoms with Gasteiger partial charge in [-0.05, 0) is 18.1 Å². The Hall–Kier alpha value is -0.780. The first kappa shape index (κ1) is 15.3.